The molecule has 2 atom stereocenters. The van der Waals surface area contributed by atoms with Crippen LogP contribution in [-0.4, -0.2) is 0 Å². The van der Waals surface area contributed by atoms with Crippen molar-refractivity contribution in [3.63, 3.8) is 0 Å². The minimum Gasteiger partial charge on any atom is -0.464 e. The third kappa shape index (κ3) is 3.72. The lowest BCUT2D eigenvalue weighted by atomic mass is 9.84. The summed E-state index contributed by atoms with van der Waals surface area (Å²) in [7, 11) is 0. The van der Waals surface area contributed by atoms with E-state index in [9.17, 15) is 0 Å². The molecule has 0 bridgehead atoms. The lowest BCUT2D eigenvalue weighted by Crippen LogP contribution is -2.04. The van der Waals surface area contributed by atoms with Crippen molar-refractivity contribution in [2.75, 3.05) is 0 Å². The van der Waals surface area contributed by atoms with Gasteiger partial charge in [0.25, 0.3) is 0 Å². The van der Waals surface area contributed by atoms with Crippen molar-refractivity contribution < 1.29 is 4.42 Å². The molecule has 0 fully saturated rings. The average Bonchev–Trinajstić information content (AvgIpc) is 3.08. The van der Waals surface area contributed by atoms with Crippen molar-refractivity contribution in [3.05, 3.63) is 71.5 Å². The van der Waals surface area contributed by atoms with Crippen LogP contribution in [0.25, 0.3) is 11.0 Å². The van der Waals surface area contributed by atoms with Crippen LogP contribution in [0.4, 0.5) is 0 Å². The standard InChI is InChI=1S/C23H28O/c1-4-6-18-7-9-20(10-8-18)17(3)15-19(5-2)22-12-11-21-13-14-24-23(21)16-22/h7-14,16-17,19H,4-6,15H2,1-3H3. The summed E-state index contributed by atoms with van der Waals surface area (Å²) in [4.78, 5) is 0. The summed E-state index contributed by atoms with van der Waals surface area (Å²) in [6, 6.07) is 17.9. The Morgan fingerprint density at radius 2 is 1.67 bits per heavy atom. The molecule has 2 aromatic carbocycles. The molecule has 3 aromatic rings. The molecule has 126 valence electrons. The number of hydrogen-bond donors (Lipinski definition) is 0. The first-order valence-electron chi connectivity index (χ1n) is 9.27. The van der Waals surface area contributed by atoms with Gasteiger partial charge in [-0.05, 0) is 59.9 Å². The molecule has 0 saturated carbocycles. The van der Waals surface area contributed by atoms with Gasteiger partial charge in [-0.2, -0.15) is 0 Å². The van der Waals surface area contributed by atoms with Gasteiger partial charge in [-0.15, -0.1) is 0 Å². The normalized spacial score (nSPS) is 14.0. The number of benzene rings is 2. The molecule has 1 heteroatoms. The Morgan fingerprint density at radius 1 is 0.917 bits per heavy atom. The molecule has 0 N–H and O–H groups in total. The number of aryl methyl sites for hydroxylation is 1. The molecule has 0 saturated heterocycles. The summed E-state index contributed by atoms with van der Waals surface area (Å²) >= 11 is 0. The summed E-state index contributed by atoms with van der Waals surface area (Å²) in [5.41, 5.74) is 5.30. The number of rotatable bonds is 7. The summed E-state index contributed by atoms with van der Waals surface area (Å²) < 4.78 is 5.58. The molecule has 0 amide bonds. The van der Waals surface area contributed by atoms with E-state index in [0.717, 1.165) is 12.0 Å². The Hall–Kier alpha value is -2.02. The predicted molar refractivity (Wildman–Crippen MR) is 103 cm³/mol. The van der Waals surface area contributed by atoms with Crippen molar-refractivity contribution in [2.24, 2.45) is 0 Å². The van der Waals surface area contributed by atoms with Crippen molar-refractivity contribution >= 4 is 11.0 Å². The highest BCUT2D eigenvalue weighted by Crippen LogP contribution is 2.33. The zero-order chi connectivity index (χ0) is 16.9. The summed E-state index contributed by atoms with van der Waals surface area (Å²) in [5, 5.41) is 1.19. The number of furan rings is 1. The fourth-order valence-corrected chi connectivity index (χ4v) is 3.63. The number of fused-ring (bicyclic) bond motifs is 1. The third-order valence-electron chi connectivity index (χ3n) is 5.17. The van der Waals surface area contributed by atoms with Crippen LogP contribution in [0.2, 0.25) is 0 Å². The van der Waals surface area contributed by atoms with Gasteiger partial charge in [0.2, 0.25) is 0 Å². The van der Waals surface area contributed by atoms with E-state index in [1.165, 1.54) is 41.3 Å². The van der Waals surface area contributed by atoms with Gasteiger partial charge in [0.05, 0.1) is 6.26 Å². The zero-order valence-corrected chi connectivity index (χ0v) is 15.1. The van der Waals surface area contributed by atoms with Crippen LogP contribution in [0.1, 0.15) is 68.6 Å². The van der Waals surface area contributed by atoms with Gasteiger partial charge in [0.15, 0.2) is 0 Å². The van der Waals surface area contributed by atoms with E-state index in [1.54, 1.807) is 6.26 Å². The molecule has 0 aliphatic rings. The topological polar surface area (TPSA) is 13.1 Å². The van der Waals surface area contributed by atoms with Gasteiger partial charge >= 0.3 is 0 Å². The minimum atomic E-state index is 0.568. The molecule has 0 aliphatic carbocycles. The average molecular weight is 320 g/mol. The molecule has 1 heterocycles. The molecule has 1 aromatic heterocycles. The van der Waals surface area contributed by atoms with Crippen LogP contribution in [-0.2, 0) is 6.42 Å². The Morgan fingerprint density at radius 3 is 2.38 bits per heavy atom. The molecule has 0 spiro atoms. The molecule has 0 radical (unpaired) electrons. The molecule has 2 unspecified atom stereocenters. The van der Waals surface area contributed by atoms with Crippen LogP contribution < -0.4 is 0 Å². The quantitative estimate of drug-likeness (QED) is 0.453. The molecular weight excluding hydrogens is 292 g/mol. The molecular formula is C23H28O. The summed E-state index contributed by atoms with van der Waals surface area (Å²) in [6.07, 6.45) is 6.49. The monoisotopic (exact) mass is 320 g/mol. The lowest BCUT2D eigenvalue weighted by molar-refractivity contribution is 0.543. The molecule has 24 heavy (non-hydrogen) atoms. The predicted octanol–water partition coefficient (Wildman–Crippen LogP) is 7.07. The van der Waals surface area contributed by atoms with E-state index in [2.05, 4.69) is 63.2 Å². The van der Waals surface area contributed by atoms with Gasteiger partial charge in [-0.1, -0.05) is 63.6 Å². The second-order valence-electron chi connectivity index (χ2n) is 6.95. The van der Waals surface area contributed by atoms with Crippen LogP contribution in [0, 0.1) is 0 Å². The van der Waals surface area contributed by atoms with Gasteiger partial charge < -0.3 is 4.42 Å². The first-order valence-corrected chi connectivity index (χ1v) is 9.27. The molecule has 1 nitrogen and oxygen atoms in total. The number of hydrogen-bond acceptors (Lipinski definition) is 1. The van der Waals surface area contributed by atoms with E-state index >= 15 is 0 Å². The van der Waals surface area contributed by atoms with E-state index in [-0.39, 0.29) is 0 Å². The third-order valence-corrected chi connectivity index (χ3v) is 5.17. The van der Waals surface area contributed by atoms with E-state index in [1.807, 2.05) is 6.07 Å². The largest absolute Gasteiger partial charge is 0.464 e. The Balaban J connectivity index is 1.73. The van der Waals surface area contributed by atoms with E-state index in [4.69, 9.17) is 4.42 Å². The zero-order valence-electron chi connectivity index (χ0n) is 15.1. The maximum absolute atomic E-state index is 5.58. The highest BCUT2D eigenvalue weighted by Gasteiger charge is 2.16. The fraction of sp³-hybridized carbons (Fsp3) is 0.391. The molecule has 0 aliphatic heterocycles. The highest BCUT2D eigenvalue weighted by atomic mass is 16.3. The summed E-state index contributed by atoms with van der Waals surface area (Å²) in [6.45, 7) is 6.87. The van der Waals surface area contributed by atoms with Crippen LogP contribution >= 0.6 is 0 Å². The Kier molecular flexibility index (Phi) is 5.40. The fourth-order valence-electron chi connectivity index (χ4n) is 3.63. The van der Waals surface area contributed by atoms with Crippen LogP contribution in [0.15, 0.2) is 59.2 Å². The van der Waals surface area contributed by atoms with Crippen LogP contribution in [0.3, 0.4) is 0 Å². The second-order valence-corrected chi connectivity index (χ2v) is 6.95. The van der Waals surface area contributed by atoms with Crippen molar-refractivity contribution in [3.8, 4) is 0 Å². The van der Waals surface area contributed by atoms with Crippen molar-refractivity contribution in [2.45, 2.75) is 58.3 Å². The Labute approximate surface area is 145 Å². The van der Waals surface area contributed by atoms with Gasteiger partial charge in [-0.25, -0.2) is 0 Å². The highest BCUT2D eigenvalue weighted by molar-refractivity contribution is 5.77. The van der Waals surface area contributed by atoms with Gasteiger partial charge in [0.1, 0.15) is 5.58 Å². The SMILES string of the molecule is CCCc1ccc(C(C)CC(CC)c2ccc3ccoc3c2)cc1. The van der Waals surface area contributed by atoms with E-state index < -0.39 is 0 Å². The molecule has 3 rings (SSSR count). The van der Waals surface area contributed by atoms with Crippen molar-refractivity contribution in [1.29, 1.82) is 0 Å². The van der Waals surface area contributed by atoms with Gasteiger partial charge in [0, 0.05) is 5.39 Å². The summed E-state index contributed by atoms with van der Waals surface area (Å²) in [5.74, 6) is 1.14. The minimum absolute atomic E-state index is 0.568. The van der Waals surface area contributed by atoms with Crippen molar-refractivity contribution in [1.82, 2.24) is 0 Å². The Bertz CT molecular complexity index is 766. The first-order chi connectivity index (χ1) is 11.7. The lowest BCUT2D eigenvalue weighted by Gasteiger charge is -2.21. The van der Waals surface area contributed by atoms with E-state index in [0.29, 0.717) is 11.8 Å². The maximum Gasteiger partial charge on any atom is 0.134 e. The van der Waals surface area contributed by atoms with Gasteiger partial charge in [-0.3, -0.25) is 0 Å². The smallest absolute Gasteiger partial charge is 0.134 e. The maximum atomic E-state index is 5.58. The second kappa shape index (κ2) is 7.70. The van der Waals surface area contributed by atoms with Crippen LogP contribution in [0.5, 0.6) is 0 Å². The first kappa shape index (κ1) is 16.8.